The van der Waals surface area contributed by atoms with Crippen LogP contribution in [0.25, 0.3) is 0 Å². The first-order chi connectivity index (χ1) is 14.0. The van der Waals surface area contributed by atoms with Gasteiger partial charge in [-0.15, -0.1) is 0 Å². The topological polar surface area (TPSA) is 6.48 Å². The predicted octanol–water partition coefficient (Wildman–Crippen LogP) is 7.44. The summed E-state index contributed by atoms with van der Waals surface area (Å²) >= 11 is 0. The highest BCUT2D eigenvalue weighted by Gasteiger charge is 2.30. The first-order valence-corrected chi connectivity index (χ1v) is 11.9. The third-order valence-corrected chi connectivity index (χ3v) is 6.66. The molecule has 0 atom stereocenters. The molecule has 2 rings (SSSR count). The second-order valence-corrected chi connectivity index (χ2v) is 8.88. The Morgan fingerprint density at radius 1 is 1.21 bits per heavy atom. The molecule has 0 N–H and O–H groups in total. The Kier molecular flexibility index (Phi) is 9.33. The van der Waals surface area contributed by atoms with Crippen LogP contribution in [0.3, 0.4) is 0 Å². The molecule has 0 bridgehead atoms. The van der Waals surface area contributed by atoms with E-state index in [9.17, 15) is 0 Å². The van der Waals surface area contributed by atoms with E-state index in [1.54, 1.807) is 11.1 Å². The van der Waals surface area contributed by atoms with Crippen molar-refractivity contribution >= 4 is 0 Å². The van der Waals surface area contributed by atoms with Crippen LogP contribution in [0, 0.1) is 11.8 Å². The maximum absolute atomic E-state index is 4.06. The van der Waals surface area contributed by atoms with E-state index in [0.717, 1.165) is 24.8 Å². The molecule has 0 amide bonds. The highest BCUT2D eigenvalue weighted by atomic mass is 15.3. The lowest BCUT2D eigenvalue weighted by Crippen LogP contribution is -2.41. The Morgan fingerprint density at radius 2 is 1.90 bits per heavy atom. The van der Waals surface area contributed by atoms with E-state index in [2.05, 4.69) is 76.1 Å². The summed E-state index contributed by atoms with van der Waals surface area (Å²) in [5.74, 6) is 3.13. The van der Waals surface area contributed by atoms with E-state index >= 15 is 0 Å². The second-order valence-electron chi connectivity index (χ2n) is 8.88. The molecule has 1 heterocycles. The van der Waals surface area contributed by atoms with Gasteiger partial charge in [-0.3, -0.25) is 0 Å². The van der Waals surface area contributed by atoms with Crippen LogP contribution in [0.2, 0.25) is 0 Å². The highest BCUT2D eigenvalue weighted by molar-refractivity contribution is 5.42. The van der Waals surface area contributed by atoms with Gasteiger partial charge in [-0.1, -0.05) is 45.6 Å². The third kappa shape index (κ3) is 5.68. The van der Waals surface area contributed by atoms with Crippen LogP contribution in [0.5, 0.6) is 0 Å². The molecule has 1 saturated heterocycles. The number of likely N-dealkylation sites (tertiary alicyclic amines) is 1. The Bertz CT molecular complexity index is 667. The maximum Gasteiger partial charge on any atom is 0.112 e. The van der Waals surface area contributed by atoms with Gasteiger partial charge in [-0.05, 0) is 93.9 Å². The van der Waals surface area contributed by atoms with Gasteiger partial charge in [0.05, 0.1) is 0 Å². The van der Waals surface area contributed by atoms with Crippen molar-refractivity contribution in [3.05, 3.63) is 59.1 Å². The molecule has 2 fully saturated rings. The van der Waals surface area contributed by atoms with Crippen molar-refractivity contribution in [2.24, 2.45) is 11.8 Å². The minimum atomic E-state index is 0.791. The smallest absolute Gasteiger partial charge is 0.112 e. The van der Waals surface area contributed by atoms with Gasteiger partial charge in [0.1, 0.15) is 5.82 Å². The lowest BCUT2D eigenvalue weighted by atomic mass is 9.86. The fraction of sp³-hybridized carbons (Fsp3) is 0.630. The summed E-state index contributed by atoms with van der Waals surface area (Å²) in [6.07, 6.45) is 16.4. The molecule has 0 radical (unpaired) electrons. The number of rotatable bonds is 8. The molecule has 2 aliphatic rings. The zero-order valence-corrected chi connectivity index (χ0v) is 19.9. The fourth-order valence-electron chi connectivity index (χ4n) is 4.93. The molecule has 1 aliphatic heterocycles. The Balaban J connectivity index is 2.55. The minimum absolute atomic E-state index is 0.791. The summed E-state index contributed by atoms with van der Waals surface area (Å²) in [6, 6.07) is 0. The van der Waals surface area contributed by atoms with E-state index in [-0.39, 0.29) is 0 Å². The number of piperidine rings is 1. The molecule has 2 heteroatoms. The third-order valence-electron chi connectivity index (χ3n) is 6.66. The number of hydrogen-bond donors (Lipinski definition) is 0. The summed E-state index contributed by atoms with van der Waals surface area (Å²) in [5.41, 5.74) is 5.72. The zero-order valence-electron chi connectivity index (χ0n) is 19.9. The predicted molar refractivity (Wildman–Crippen MR) is 128 cm³/mol. The summed E-state index contributed by atoms with van der Waals surface area (Å²) < 4.78 is 0. The van der Waals surface area contributed by atoms with Crippen LogP contribution in [-0.2, 0) is 0 Å². The van der Waals surface area contributed by atoms with Gasteiger partial charge in [-0.2, -0.15) is 0 Å². The molecule has 0 unspecified atom stereocenters. The van der Waals surface area contributed by atoms with Gasteiger partial charge in [0.15, 0.2) is 0 Å². The van der Waals surface area contributed by atoms with Crippen molar-refractivity contribution in [3.63, 3.8) is 0 Å². The van der Waals surface area contributed by atoms with Crippen molar-refractivity contribution < 1.29 is 0 Å². The minimum Gasteiger partial charge on any atom is -0.358 e. The van der Waals surface area contributed by atoms with E-state index in [4.69, 9.17) is 0 Å². The molecule has 2 nitrogen and oxygen atoms in total. The first-order valence-electron chi connectivity index (χ1n) is 11.9. The summed E-state index contributed by atoms with van der Waals surface area (Å²) in [7, 11) is 0. The van der Waals surface area contributed by atoms with Crippen LogP contribution < -0.4 is 0 Å². The summed E-state index contributed by atoms with van der Waals surface area (Å²) in [5, 5.41) is 0. The lowest BCUT2D eigenvalue weighted by molar-refractivity contribution is 0.154. The SMILES string of the molecule is C=C/C(C)=C(\C=C/C)N(CC)/C(=C1/CCC/C1=C/CC)N1CCC(C(C)C)CC1. The quantitative estimate of drug-likeness (QED) is 0.393. The van der Waals surface area contributed by atoms with Crippen molar-refractivity contribution in [2.75, 3.05) is 19.6 Å². The molecule has 29 heavy (non-hydrogen) atoms. The van der Waals surface area contributed by atoms with Crippen molar-refractivity contribution in [1.29, 1.82) is 0 Å². The molecular weight excluding hydrogens is 352 g/mol. The first kappa shape index (κ1) is 23.6. The average molecular weight is 397 g/mol. The molecule has 1 saturated carbocycles. The maximum atomic E-state index is 4.06. The fourth-order valence-corrected chi connectivity index (χ4v) is 4.93. The van der Waals surface area contributed by atoms with Crippen molar-refractivity contribution in [3.8, 4) is 0 Å². The second kappa shape index (κ2) is 11.5. The average Bonchev–Trinajstić information content (AvgIpc) is 3.18. The van der Waals surface area contributed by atoms with E-state index < -0.39 is 0 Å². The van der Waals surface area contributed by atoms with Gasteiger partial charge in [0, 0.05) is 25.3 Å². The van der Waals surface area contributed by atoms with Gasteiger partial charge < -0.3 is 9.80 Å². The largest absolute Gasteiger partial charge is 0.358 e. The zero-order chi connectivity index (χ0) is 21.4. The van der Waals surface area contributed by atoms with Gasteiger partial charge in [0.2, 0.25) is 0 Å². The molecule has 0 aromatic heterocycles. The van der Waals surface area contributed by atoms with Crippen LogP contribution in [0.4, 0.5) is 0 Å². The monoisotopic (exact) mass is 396 g/mol. The van der Waals surface area contributed by atoms with Crippen LogP contribution in [0.1, 0.15) is 80.1 Å². The Labute approximate surface area is 180 Å². The van der Waals surface area contributed by atoms with Crippen LogP contribution >= 0.6 is 0 Å². The number of hydrogen-bond acceptors (Lipinski definition) is 2. The molecule has 1 aliphatic carbocycles. The highest BCUT2D eigenvalue weighted by Crippen LogP contribution is 2.39. The van der Waals surface area contributed by atoms with E-state index in [1.165, 1.54) is 62.3 Å². The van der Waals surface area contributed by atoms with Gasteiger partial charge in [0.25, 0.3) is 0 Å². The standard InChI is InChI=1S/C27H44N2/c1-8-13-24-15-12-16-25(24)27(28-19-17-23(18-20-28)21(5)6)29(11-4)26(14-9-2)22(7)10-3/h9-10,13-14,21,23H,3,8,11-12,15-20H2,1-2,4-7H3/b14-9-,24-13-,26-22+,27-25-. The molecule has 0 spiro atoms. The van der Waals surface area contributed by atoms with Gasteiger partial charge >= 0.3 is 0 Å². The van der Waals surface area contributed by atoms with Gasteiger partial charge in [-0.25, -0.2) is 0 Å². The molecule has 0 aromatic rings. The molecular formula is C27H44N2. The Morgan fingerprint density at radius 3 is 2.41 bits per heavy atom. The van der Waals surface area contributed by atoms with Crippen molar-refractivity contribution in [2.45, 2.75) is 80.1 Å². The van der Waals surface area contributed by atoms with E-state index in [0.29, 0.717) is 0 Å². The summed E-state index contributed by atoms with van der Waals surface area (Å²) in [4.78, 5) is 5.27. The number of likely N-dealkylation sites (N-methyl/N-ethyl adjacent to an activating group) is 1. The normalized spacial score (nSPS) is 22.6. The van der Waals surface area contributed by atoms with Crippen molar-refractivity contribution in [1.82, 2.24) is 9.80 Å². The number of nitrogens with zero attached hydrogens (tertiary/aromatic N) is 2. The lowest BCUT2D eigenvalue weighted by Gasteiger charge is -2.42. The van der Waals surface area contributed by atoms with Crippen LogP contribution in [-0.4, -0.2) is 29.4 Å². The molecule has 0 aromatic carbocycles. The molecule has 162 valence electrons. The number of allylic oxidation sites excluding steroid dienone is 7. The summed E-state index contributed by atoms with van der Waals surface area (Å²) in [6.45, 7) is 21.0. The van der Waals surface area contributed by atoms with Crippen LogP contribution in [0.15, 0.2) is 59.1 Å². The van der Waals surface area contributed by atoms with E-state index in [1.807, 2.05) is 6.08 Å². The Hall–Kier alpha value is -1.70.